The van der Waals surface area contributed by atoms with Crippen molar-refractivity contribution in [3.63, 3.8) is 0 Å². The van der Waals surface area contributed by atoms with Crippen LogP contribution in [0, 0.1) is 11.3 Å². The van der Waals surface area contributed by atoms with Gasteiger partial charge in [-0.3, -0.25) is 4.79 Å². The van der Waals surface area contributed by atoms with Crippen LogP contribution in [-0.2, 0) is 19.4 Å². The zero-order valence-electron chi connectivity index (χ0n) is 9.52. The standard InChI is InChI=1S/C10H14N2O4S/c1-2-16-10(13)7-17(14,15)9(6-11)8-4-3-5-12-8/h12H,2-5,7H2,1H3. The predicted octanol–water partition coefficient (Wildman–Crippen LogP) is 0.0829. The van der Waals surface area contributed by atoms with Gasteiger partial charge < -0.3 is 10.1 Å². The fourth-order valence-electron chi connectivity index (χ4n) is 1.54. The third kappa shape index (κ3) is 3.46. The fraction of sp³-hybridized carbons (Fsp3) is 0.600. The maximum absolute atomic E-state index is 11.8. The fourth-order valence-corrected chi connectivity index (χ4v) is 2.77. The number of esters is 1. The van der Waals surface area contributed by atoms with Gasteiger partial charge in [0.25, 0.3) is 0 Å². The number of rotatable bonds is 4. The summed E-state index contributed by atoms with van der Waals surface area (Å²) < 4.78 is 28.2. The second-order valence-electron chi connectivity index (χ2n) is 3.51. The molecule has 1 saturated heterocycles. The first-order valence-corrected chi connectivity index (χ1v) is 6.92. The number of nitrogens with zero attached hydrogens (tertiary/aromatic N) is 1. The Labute approximate surface area is 100 Å². The molecule has 0 unspecified atom stereocenters. The molecular weight excluding hydrogens is 244 g/mol. The summed E-state index contributed by atoms with van der Waals surface area (Å²) in [6.45, 7) is 2.35. The summed E-state index contributed by atoms with van der Waals surface area (Å²) in [5, 5.41) is 11.7. The Morgan fingerprint density at radius 1 is 1.59 bits per heavy atom. The molecule has 1 N–H and O–H groups in total. The highest BCUT2D eigenvalue weighted by molar-refractivity contribution is 7.96. The lowest BCUT2D eigenvalue weighted by Gasteiger charge is -2.06. The van der Waals surface area contributed by atoms with Gasteiger partial charge in [0.05, 0.1) is 6.61 Å². The van der Waals surface area contributed by atoms with E-state index in [2.05, 4.69) is 10.1 Å². The van der Waals surface area contributed by atoms with Crippen LogP contribution in [0.4, 0.5) is 0 Å². The molecule has 0 spiro atoms. The normalized spacial score (nSPS) is 18.1. The van der Waals surface area contributed by atoms with Crippen LogP contribution in [0.2, 0.25) is 0 Å². The molecule has 0 bridgehead atoms. The lowest BCUT2D eigenvalue weighted by molar-refractivity contribution is -0.139. The number of ether oxygens (including phenoxy) is 1. The molecule has 94 valence electrons. The summed E-state index contributed by atoms with van der Waals surface area (Å²) in [6, 6.07) is 1.65. The van der Waals surface area contributed by atoms with Crippen molar-refractivity contribution in [2.45, 2.75) is 19.8 Å². The second kappa shape index (κ2) is 5.68. The van der Waals surface area contributed by atoms with E-state index in [1.54, 1.807) is 13.0 Å². The molecule has 1 aliphatic heterocycles. The zero-order chi connectivity index (χ0) is 12.9. The minimum Gasteiger partial charge on any atom is -0.465 e. The van der Waals surface area contributed by atoms with E-state index in [1.165, 1.54) is 0 Å². The Bertz CT molecular complexity index is 465. The maximum atomic E-state index is 11.8. The molecule has 0 saturated carbocycles. The number of allylic oxidation sites excluding steroid dienone is 2. The molecule has 0 amide bonds. The zero-order valence-corrected chi connectivity index (χ0v) is 10.3. The van der Waals surface area contributed by atoms with Crippen molar-refractivity contribution in [1.82, 2.24) is 5.32 Å². The Kier molecular flexibility index (Phi) is 4.52. The number of carbonyl (C=O) groups is 1. The third-order valence-corrected chi connectivity index (χ3v) is 3.82. The first kappa shape index (κ1) is 13.5. The quantitative estimate of drug-likeness (QED) is 0.566. The summed E-state index contributed by atoms with van der Waals surface area (Å²) >= 11 is 0. The van der Waals surface area contributed by atoms with Gasteiger partial charge in [-0.25, -0.2) is 8.42 Å². The molecule has 1 rings (SSSR count). The van der Waals surface area contributed by atoms with Crippen molar-refractivity contribution in [1.29, 1.82) is 5.26 Å². The van der Waals surface area contributed by atoms with Crippen LogP contribution in [-0.4, -0.2) is 33.3 Å². The summed E-state index contributed by atoms with van der Waals surface area (Å²) in [4.78, 5) is 10.8. The number of carbonyl (C=O) groups excluding carboxylic acids is 1. The monoisotopic (exact) mass is 258 g/mol. The molecule has 1 heterocycles. The molecular formula is C10H14N2O4S. The van der Waals surface area contributed by atoms with Crippen molar-refractivity contribution >= 4 is 15.8 Å². The van der Waals surface area contributed by atoms with Crippen molar-refractivity contribution in [3.8, 4) is 6.07 Å². The van der Waals surface area contributed by atoms with E-state index in [1.807, 2.05) is 0 Å². The molecule has 0 radical (unpaired) electrons. The van der Waals surface area contributed by atoms with Crippen molar-refractivity contribution in [3.05, 3.63) is 10.6 Å². The summed E-state index contributed by atoms with van der Waals surface area (Å²) in [7, 11) is -3.90. The van der Waals surface area contributed by atoms with Crippen LogP contribution in [0.15, 0.2) is 10.6 Å². The van der Waals surface area contributed by atoms with Gasteiger partial charge in [0.2, 0.25) is 9.84 Å². The molecule has 0 aliphatic carbocycles. The van der Waals surface area contributed by atoms with Crippen LogP contribution >= 0.6 is 0 Å². The SMILES string of the molecule is CCOC(=O)CS(=O)(=O)C(C#N)=C1CCCN1. The highest BCUT2D eigenvalue weighted by atomic mass is 32.2. The van der Waals surface area contributed by atoms with E-state index in [4.69, 9.17) is 5.26 Å². The number of nitrogens with one attached hydrogen (secondary N) is 1. The maximum Gasteiger partial charge on any atom is 0.321 e. The van der Waals surface area contributed by atoms with Crippen molar-refractivity contribution < 1.29 is 17.9 Å². The minimum atomic E-state index is -3.90. The molecule has 7 heteroatoms. The average Bonchev–Trinajstić information content (AvgIpc) is 2.70. The van der Waals surface area contributed by atoms with Gasteiger partial charge >= 0.3 is 5.97 Å². The third-order valence-electron chi connectivity index (χ3n) is 2.24. The topological polar surface area (TPSA) is 96.3 Å². The van der Waals surface area contributed by atoms with Gasteiger partial charge in [0, 0.05) is 12.2 Å². The van der Waals surface area contributed by atoms with Gasteiger partial charge in [0.1, 0.15) is 6.07 Å². The van der Waals surface area contributed by atoms with Crippen LogP contribution in [0.25, 0.3) is 0 Å². The summed E-state index contributed by atoms with van der Waals surface area (Å²) in [5.41, 5.74) is 0.400. The van der Waals surface area contributed by atoms with Crippen molar-refractivity contribution in [2.75, 3.05) is 18.9 Å². The van der Waals surface area contributed by atoms with Crippen LogP contribution in [0.5, 0.6) is 0 Å². The molecule has 0 aromatic heterocycles. The van der Waals surface area contributed by atoms with Gasteiger partial charge in [-0.05, 0) is 19.8 Å². The molecule has 0 atom stereocenters. The van der Waals surface area contributed by atoms with Crippen LogP contribution in [0.3, 0.4) is 0 Å². The number of hydrogen-bond acceptors (Lipinski definition) is 6. The average molecular weight is 258 g/mol. The van der Waals surface area contributed by atoms with Crippen LogP contribution in [0.1, 0.15) is 19.8 Å². The number of hydrogen-bond donors (Lipinski definition) is 1. The highest BCUT2D eigenvalue weighted by Gasteiger charge is 2.27. The largest absolute Gasteiger partial charge is 0.465 e. The smallest absolute Gasteiger partial charge is 0.321 e. The summed E-state index contributed by atoms with van der Waals surface area (Å²) in [6.07, 6.45) is 1.31. The Morgan fingerprint density at radius 3 is 2.76 bits per heavy atom. The Balaban J connectivity index is 2.92. The molecule has 17 heavy (non-hydrogen) atoms. The minimum absolute atomic E-state index is 0.116. The molecule has 1 aliphatic rings. The van der Waals surface area contributed by atoms with E-state index in [0.29, 0.717) is 18.7 Å². The van der Waals surface area contributed by atoms with E-state index in [0.717, 1.165) is 6.42 Å². The highest BCUT2D eigenvalue weighted by Crippen LogP contribution is 2.19. The Hall–Kier alpha value is -1.55. The van der Waals surface area contributed by atoms with Gasteiger partial charge in [-0.15, -0.1) is 0 Å². The van der Waals surface area contributed by atoms with Crippen LogP contribution < -0.4 is 5.32 Å². The van der Waals surface area contributed by atoms with E-state index < -0.39 is 21.6 Å². The first-order valence-electron chi connectivity index (χ1n) is 5.26. The molecule has 1 fully saturated rings. The van der Waals surface area contributed by atoms with E-state index >= 15 is 0 Å². The Morgan fingerprint density at radius 2 is 2.29 bits per heavy atom. The van der Waals surface area contributed by atoms with Crippen molar-refractivity contribution in [2.24, 2.45) is 0 Å². The molecule has 0 aromatic rings. The van der Waals surface area contributed by atoms with Gasteiger partial charge in [0.15, 0.2) is 10.7 Å². The van der Waals surface area contributed by atoms with Gasteiger partial charge in [-0.2, -0.15) is 5.26 Å². The molecule has 0 aromatic carbocycles. The summed E-state index contributed by atoms with van der Waals surface area (Å²) in [5.74, 6) is -1.62. The second-order valence-corrected chi connectivity index (χ2v) is 5.44. The lowest BCUT2D eigenvalue weighted by atomic mass is 10.3. The van der Waals surface area contributed by atoms with E-state index in [-0.39, 0.29) is 11.5 Å². The molecule has 6 nitrogen and oxygen atoms in total. The predicted molar refractivity (Wildman–Crippen MR) is 60.3 cm³/mol. The van der Waals surface area contributed by atoms with E-state index in [9.17, 15) is 13.2 Å². The first-order chi connectivity index (χ1) is 8.01. The van der Waals surface area contributed by atoms with Gasteiger partial charge in [-0.1, -0.05) is 0 Å². The number of nitriles is 1. The lowest BCUT2D eigenvalue weighted by Crippen LogP contribution is -2.22. The number of sulfone groups is 1.